The van der Waals surface area contributed by atoms with E-state index in [-0.39, 0.29) is 23.2 Å². The van der Waals surface area contributed by atoms with Gasteiger partial charge in [0.1, 0.15) is 5.69 Å². The zero-order valence-corrected chi connectivity index (χ0v) is 18.1. The van der Waals surface area contributed by atoms with E-state index in [2.05, 4.69) is 10.3 Å². The molecule has 0 aliphatic heterocycles. The molecule has 0 spiro atoms. The lowest BCUT2D eigenvalue weighted by atomic mass is 9.83. The highest BCUT2D eigenvalue weighted by Gasteiger charge is 2.25. The van der Waals surface area contributed by atoms with Gasteiger partial charge in [0, 0.05) is 33.7 Å². The van der Waals surface area contributed by atoms with Gasteiger partial charge in [-0.05, 0) is 22.6 Å². The number of carbonyl (C=O) groups is 3. The van der Waals surface area contributed by atoms with Crippen LogP contribution in [0.5, 0.6) is 0 Å². The number of nitrogens with one attached hydrogen (secondary N) is 1. The molecule has 1 aliphatic rings. The Bertz CT molecular complexity index is 1390. The van der Waals surface area contributed by atoms with Crippen LogP contribution in [0.25, 0.3) is 21.9 Å². The molecule has 0 unspecified atom stereocenters. The fourth-order valence-electron chi connectivity index (χ4n) is 3.77. The Morgan fingerprint density at radius 2 is 1.74 bits per heavy atom. The maximum absolute atomic E-state index is 13.0. The van der Waals surface area contributed by atoms with Gasteiger partial charge in [-0.25, -0.2) is 4.98 Å². The number of anilines is 1. The second-order valence-electron chi connectivity index (χ2n) is 7.15. The summed E-state index contributed by atoms with van der Waals surface area (Å²) in [6.07, 6.45) is 0. The van der Waals surface area contributed by atoms with Crippen LogP contribution >= 0.6 is 23.1 Å². The molecular formula is C24H16N2O3S2. The van der Waals surface area contributed by atoms with Gasteiger partial charge >= 0.3 is 0 Å². The highest BCUT2D eigenvalue weighted by atomic mass is 32.2. The molecule has 31 heavy (non-hydrogen) atoms. The minimum Gasteiger partial charge on any atom is -0.301 e. The number of hydrogen-bond acceptors (Lipinski definition) is 6. The van der Waals surface area contributed by atoms with Gasteiger partial charge in [-0.1, -0.05) is 48.5 Å². The number of rotatable bonds is 5. The van der Waals surface area contributed by atoms with Crippen LogP contribution in [0.15, 0.2) is 64.9 Å². The number of carbonyl (C=O) groups excluding carboxylic acids is 3. The lowest BCUT2D eigenvalue weighted by Crippen LogP contribution is -2.14. The summed E-state index contributed by atoms with van der Waals surface area (Å²) in [5, 5.41) is 6.68. The summed E-state index contributed by atoms with van der Waals surface area (Å²) < 4.78 is 0. The second-order valence-corrected chi connectivity index (χ2v) is 9.02. The first kappa shape index (κ1) is 19.7. The van der Waals surface area contributed by atoms with Crippen molar-refractivity contribution >= 4 is 56.5 Å². The number of amides is 1. The lowest BCUT2D eigenvalue weighted by Gasteiger charge is -2.21. The fourth-order valence-corrected chi connectivity index (χ4v) is 5.39. The largest absolute Gasteiger partial charge is 0.301 e. The van der Waals surface area contributed by atoms with E-state index in [9.17, 15) is 14.4 Å². The highest BCUT2D eigenvalue weighted by molar-refractivity contribution is 8.00. The maximum atomic E-state index is 13.0. The Morgan fingerprint density at radius 3 is 2.52 bits per heavy atom. The van der Waals surface area contributed by atoms with Gasteiger partial charge in [-0.15, -0.1) is 23.1 Å². The number of hydrogen-bond donors (Lipinski definition) is 1. The third-order valence-corrected chi connectivity index (χ3v) is 7.01. The average molecular weight is 445 g/mol. The molecule has 0 radical (unpaired) electrons. The summed E-state index contributed by atoms with van der Waals surface area (Å²) in [6, 6.07) is 17.4. The van der Waals surface area contributed by atoms with Crippen molar-refractivity contribution in [1.82, 2.24) is 4.98 Å². The number of Topliss-reactive ketones (excluding diaryl/α,β-unsaturated/α-hetero) is 1. The van der Waals surface area contributed by atoms with Crippen LogP contribution in [0.1, 0.15) is 33.3 Å². The molecule has 0 fully saturated rings. The SMILES string of the molecule is CC(=O)c1csc(NC(=O)CSc2ccc3c4c(cccc24)C(=O)c2ccccc2-3)n1. The van der Waals surface area contributed by atoms with Crippen LogP contribution in [0.2, 0.25) is 0 Å². The van der Waals surface area contributed by atoms with E-state index < -0.39 is 0 Å². The monoisotopic (exact) mass is 444 g/mol. The molecule has 0 bridgehead atoms. The van der Waals surface area contributed by atoms with Crippen LogP contribution < -0.4 is 5.32 Å². The molecule has 1 aromatic heterocycles. The standard InChI is InChI=1S/C24H16N2O3S2/c1-13(27)19-11-31-24(25-19)26-21(28)12-30-20-10-9-15-14-5-2-3-6-16(14)23(29)18-8-4-7-17(20)22(15)18/h2-11H,12H2,1H3,(H,25,26,28). The molecule has 0 saturated carbocycles. The first-order valence-electron chi connectivity index (χ1n) is 9.62. The molecule has 7 heteroatoms. The number of nitrogens with zero attached hydrogens (tertiary/aromatic N) is 1. The number of ketones is 2. The fraction of sp³-hybridized carbons (Fsp3) is 0.0833. The van der Waals surface area contributed by atoms with Crippen LogP contribution in [-0.2, 0) is 4.79 Å². The number of thioether (sulfide) groups is 1. The summed E-state index contributed by atoms with van der Waals surface area (Å²) in [5.74, 6) is -0.112. The van der Waals surface area contributed by atoms with Crippen LogP contribution in [0.4, 0.5) is 5.13 Å². The summed E-state index contributed by atoms with van der Waals surface area (Å²) in [4.78, 5) is 41.9. The summed E-state index contributed by atoms with van der Waals surface area (Å²) >= 11 is 2.64. The number of thiazole rings is 1. The van der Waals surface area contributed by atoms with Crippen LogP contribution in [0, 0.1) is 0 Å². The molecule has 0 saturated heterocycles. The number of benzene rings is 3. The van der Waals surface area contributed by atoms with E-state index in [4.69, 9.17) is 0 Å². The zero-order valence-electron chi connectivity index (χ0n) is 16.5. The molecule has 4 aromatic rings. The van der Waals surface area contributed by atoms with Gasteiger partial charge in [0.25, 0.3) is 0 Å². The first-order valence-corrected chi connectivity index (χ1v) is 11.5. The molecule has 5 nitrogen and oxygen atoms in total. The van der Waals surface area contributed by atoms with Crippen LogP contribution in [0.3, 0.4) is 0 Å². The number of aromatic nitrogens is 1. The van der Waals surface area contributed by atoms with E-state index >= 15 is 0 Å². The Kier molecular flexibility index (Phi) is 4.92. The third kappa shape index (κ3) is 3.45. The van der Waals surface area contributed by atoms with E-state index in [1.165, 1.54) is 30.0 Å². The quantitative estimate of drug-likeness (QED) is 0.288. The van der Waals surface area contributed by atoms with Crippen molar-refractivity contribution < 1.29 is 14.4 Å². The van der Waals surface area contributed by atoms with Crippen molar-refractivity contribution in [2.45, 2.75) is 11.8 Å². The van der Waals surface area contributed by atoms with Gasteiger partial charge in [0.15, 0.2) is 16.7 Å². The molecule has 0 atom stereocenters. The molecule has 1 aliphatic carbocycles. The lowest BCUT2D eigenvalue weighted by molar-refractivity contribution is -0.113. The molecule has 1 amide bonds. The van der Waals surface area contributed by atoms with Crippen molar-refractivity contribution in [2.75, 3.05) is 11.1 Å². The molecule has 1 N–H and O–H groups in total. The third-order valence-electron chi connectivity index (χ3n) is 5.18. The predicted molar refractivity (Wildman–Crippen MR) is 124 cm³/mol. The van der Waals surface area contributed by atoms with Crippen LogP contribution in [-0.4, -0.2) is 28.2 Å². The van der Waals surface area contributed by atoms with E-state index in [0.29, 0.717) is 16.4 Å². The first-order chi connectivity index (χ1) is 15.0. The Balaban J connectivity index is 1.43. The van der Waals surface area contributed by atoms with Crippen molar-refractivity contribution in [3.05, 3.63) is 76.8 Å². The predicted octanol–water partition coefficient (Wildman–Crippen LogP) is 5.44. The van der Waals surface area contributed by atoms with E-state index in [1.54, 1.807) is 5.38 Å². The van der Waals surface area contributed by atoms with Gasteiger partial charge in [0.2, 0.25) is 5.91 Å². The summed E-state index contributed by atoms with van der Waals surface area (Å²) in [7, 11) is 0. The highest BCUT2D eigenvalue weighted by Crippen LogP contribution is 2.42. The van der Waals surface area contributed by atoms with Gasteiger partial charge < -0.3 is 5.32 Å². The summed E-state index contributed by atoms with van der Waals surface area (Å²) in [5.41, 5.74) is 3.74. The normalized spacial score (nSPS) is 12.0. The van der Waals surface area contributed by atoms with Gasteiger partial charge in [-0.3, -0.25) is 14.4 Å². The van der Waals surface area contributed by atoms with Gasteiger partial charge in [0.05, 0.1) is 5.75 Å². The van der Waals surface area contributed by atoms with E-state index in [1.807, 2.05) is 54.6 Å². The van der Waals surface area contributed by atoms with E-state index in [0.717, 1.165) is 32.4 Å². The molecule has 5 rings (SSSR count). The summed E-state index contributed by atoms with van der Waals surface area (Å²) in [6.45, 7) is 1.44. The second kappa shape index (κ2) is 7.76. The Hall–Kier alpha value is -3.29. The van der Waals surface area contributed by atoms with Crippen molar-refractivity contribution in [3.63, 3.8) is 0 Å². The average Bonchev–Trinajstić information content (AvgIpc) is 3.25. The molecule has 152 valence electrons. The Labute approximate surface area is 186 Å². The number of fused-ring (bicyclic) bond motifs is 2. The smallest absolute Gasteiger partial charge is 0.236 e. The van der Waals surface area contributed by atoms with Gasteiger partial charge in [-0.2, -0.15) is 0 Å². The maximum Gasteiger partial charge on any atom is 0.236 e. The molecule has 1 heterocycles. The van der Waals surface area contributed by atoms with Crippen molar-refractivity contribution in [1.29, 1.82) is 0 Å². The Morgan fingerprint density at radius 1 is 0.968 bits per heavy atom. The van der Waals surface area contributed by atoms with Crippen molar-refractivity contribution in [2.24, 2.45) is 0 Å². The minimum atomic E-state index is -0.198. The zero-order chi connectivity index (χ0) is 21.5. The minimum absolute atomic E-state index is 0.0265. The van der Waals surface area contributed by atoms with Crippen molar-refractivity contribution in [3.8, 4) is 11.1 Å². The molecule has 3 aromatic carbocycles. The molecular weight excluding hydrogens is 428 g/mol. The topological polar surface area (TPSA) is 76.1 Å².